The first-order chi connectivity index (χ1) is 4.62. The number of hydrogen-bond donors (Lipinski definition) is 1. The maximum atomic E-state index is 8.80. The largest absolute Gasteiger partial charge is 0.396 e. The Balaban J connectivity index is 3.28. The van der Waals surface area contributed by atoms with Crippen molar-refractivity contribution in [3.63, 3.8) is 0 Å². The van der Waals surface area contributed by atoms with Gasteiger partial charge in [-0.2, -0.15) is 0 Å². The summed E-state index contributed by atoms with van der Waals surface area (Å²) in [6.45, 7) is 7.37. The van der Waals surface area contributed by atoms with Gasteiger partial charge in [0.15, 0.2) is 0 Å². The van der Waals surface area contributed by atoms with Gasteiger partial charge in [0.2, 0.25) is 0 Å². The van der Waals surface area contributed by atoms with E-state index in [-0.39, 0.29) is 12.0 Å². The molecular weight excluding hydrogens is 128 g/mol. The maximum Gasteiger partial charge on any atom is 0.0539 e. The molecule has 0 rings (SSSR count). The first kappa shape index (κ1) is 9.92. The molecule has 0 bridgehead atoms. The molecule has 2 nitrogen and oxygen atoms in total. The van der Waals surface area contributed by atoms with Crippen molar-refractivity contribution in [2.75, 3.05) is 19.8 Å². The van der Waals surface area contributed by atoms with Crippen LogP contribution in [-0.2, 0) is 4.74 Å². The summed E-state index contributed by atoms with van der Waals surface area (Å²) < 4.78 is 5.22. The third-order valence-electron chi connectivity index (χ3n) is 1.21. The molecule has 0 aromatic heterocycles. The van der Waals surface area contributed by atoms with E-state index in [0.29, 0.717) is 13.2 Å². The van der Waals surface area contributed by atoms with Gasteiger partial charge < -0.3 is 9.84 Å². The number of ether oxygens (including phenoxy) is 1. The van der Waals surface area contributed by atoms with Crippen molar-refractivity contribution < 1.29 is 9.84 Å². The molecule has 2 heteroatoms. The number of aliphatic hydroxyl groups excluding tert-OH is 1. The lowest BCUT2D eigenvalue weighted by molar-refractivity contribution is 0.0370. The topological polar surface area (TPSA) is 29.5 Å². The lowest BCUT2D eigenvalue weighted by atomic mass is 9.97. The Kier molecular flexibility index (Phi) is 4.65. The average Bonchev–Trinajstić information content (AvgIpc) is 1.89. The zero-order valence-corrected chi connectivity index (χ0v) is 7.05. The number of hydrogen-bond acceptors (Lipinski definition) is 2. The van der Waals surface area contributed by atoms with Crippen LogP contribution in [0.5, 0.6) is 0 Å². The average molecular weight is 145 g/mol. The fourth-order valence-electron chi connectivity index (χ4n) is 0.499. The van der Waals surface area contributed by atoms with Crippen LogP contribution in [0.4, 0.5) is 0 Å². The lowest BCUT2D eigenvalue weighted by Gasteiger charge is -2.20. The van der Waals surface area contributed by atoms with Crippen molar-refractivity contribution in [1.82, 2.24) is 0 Å². The smallest absolute Gasteiger partial charge is 0.0539 e. The summed E-state index contributed by atoms with van der Waals surface area (Å²) in [7, 11) is 0. The summed E-state index contributed by atoms with van der Waals surface area (Å²) in [5, 5.41) is 8.80. The van der Waals surface area contributed by atoms with Gasteiger partial charge in [-0.25, -0.2) is 0 Å². The molecule has 0 unspecified atom stereocenters. The predicted octanol–water partition coefficient (Wildman–Crippen LogP) is 1.25. The van der Waals surface area contributed by atoms with Crippen LogP contribution in [0.2, 0.25) is 0 Å². The van der Waals surface area contributed by atoms with Crippen LogP contribution in [0, 0.1) is 11.8 Å². The van der Waals surface area contributed by atoms with Gasteiger partial charge in [-0.1, -0.05) is 20.8 Å². The molecule has 0 aromatic carbocycles. The summed E-state index contributed by atoms with van der Waals surface area (Å²) in [5.74, 6) is 0. The summed E-state index contributed by atoms with van der Waals surface area (Å²) in [6, 6.07) is 0. The minimum atomic E-state index is -0.0942. The van der Waals surface area contributed by atoms with E-state index in [4.69, 9.17) is 9.84 Å². The minimum Gasteiger partial charge on any atom is -0.396 e. The van der Waals surface area contributed by atoms with Crippen molar-refractivity contribution in [3.05, 3.63) is 6.42 Å². The molecule has 0 fully saturated rings. The van der Waals surface area contributed by atoms with E-state index < -0.39 is 0 Å². The Morgan fingerprint density at radius 3 is 2.50 bits per heavy atom. The van der Waals surface area contributed by atoms with Gasteiger partial charge >= 0.3 is 0 Å². The van der Waals surface area contributed by atoms with Crippen LogP contribution >= 0.6 is 0 Å². The van der Waals surface area contributed by atoms with Crippen molar-refractivity contribution >= 4 is 0 Å². The fraction of sp³-hybridized carbons (Fsp3) is 0.875. The van der Waals surface area contributed by atoms with Gasteiger partial charge in [0.1, 0.15) is 0 Å². The second-order valence-corrected chi connectivity index (χ2v) is 3.25. The second-order valence-electron chi connectivity index (χ2n) is 3.25. The Morgan fingerprint density at radius 1 is 1.50 bits per heavy atom. The molecule has 0 aliphatic carbocycles. The molecular formula is C8H17O2. The maximum absolute atomic E-state index is 8.80. The Morgan fingerprint density at radius 2 is 2.10 bits per heavy atom. The molecule has 10 heavy (non-hydrogen) atoms. The SMILES string of the molecule is C[CH]COCC(C)(C)CO. The van der Waals surface area contributed by atoms with Gasteiger partial charge in [-0.15, -0.1) is 0 Å². The molecule has 0 atom stereocenters. The summed E-state index contributed by atoms with van der Waals surface area (Å²) in [6.07, 6.45) is 1.95. The van der Waals surface area contributed by atoms with E-state index in [2.05, 4.69) is 0 Å². The van der Waals surface area contributed by atoms with E-state index in [1.807, 2.05) is 27.2 Å². The minimum absolute atomic E-state index is 0.0942. The quantitative estimate of drug-likeness (QED) is 0.590. The van der Waals surface area contributed by atoms with Gasteiger partial charge in [0.05, 0.1) is 13.2 Å². The van der Waals surface area contributed by atoms with Crippen LogP contribution in [0.15, 0.2) is 0 Å². The molecule has 0 saturated carbocycles. The Hall–Kier alpha value is -0.0800. The molecule has 1 N–H and O–H groups in total. The number of rotatable bonds is 5. The van der Waals surface area contributed by atoms with Gasteiger partial charge in [-0.3, -0.25) is 0 Å². The molecule has 0 aliphatic heterocycles. The van der Waals surface area contributed by atoms with Gasteiger partial charge in [0.25, 0.3) is 0 Å². The molecule has 0 saturated heterocycles. The summed E-state index contributed by atoms with van der Waals surface area (Å²) in [4.78, 5) is 0. The van der Waals surface area contributed by atoms with E-state index in [1.54, 1.807) is 0 Å². The predicted molar refractivity (Wildman–Crippen MR) is 41.7 cm³/mol. The van der Waals surface area contributed by atoms with Crippen molar-refractivity contribution in [1.29, 1.82) is 0 Å². The standard InChI is InChI=1S/C8H17O2/c1-4-5-10-7-8(2,3)6-9/h4,9H,5-7H2,1-3H3. The van der Waals surface area contributed by atoms with Crippen LogP contribution in [0.1, 0.15) is 20.8 Å². The van der Waals surface area contributed by atoms with Gasteiger partial charge in [0, 0.05) is 12.0 Å². The molecule has 61 valence electrons. The highest BCUT2D eigenvalue weighted by Crippen LogP contribution is 2.13. The molecule has 0 aromatic rings. The van der Waals surface area contributed by atoms with Gasteiger partial charge in [-0.05, 0) is 6.42 Å². The zero-order valence-electron chi connectivity index (χ0n) is 7.05. The lowest BCUT2D eigenvalue weighted by Crippen LogP contribution is -2.23. The summed E-state index contributed by atoms with van der Waals surface area (Å²) in [5.41, 5.74) is -0.0942. The van der Waals surface area contributed by atoms with E-state index in [1.165, 1.54) is 0 Å². The van der Waals surface area contributed by atoms with E-state index in [0.717, 1.165) is 0 Å². The van der Waals surface area contributed by atoms with Crippen molar-refractivity contribution in [3.8, 4) is 0 Å². The van der Waals surface area contributed by atoms with E-state index in [9.17, 15) is 0 Å². The van der Waals surface area contributed by atoms with Crippen LogP contribution in [0.25, 0.3) is 0 Å². The molecule has 0 spiro atoms. The first-order valence-corrected chi connectivity index (χ1v) is 3.59. The third-order valence-corrected chi connectivity index (χ3v) is 1.21. The fourth-order valence-corrected chi connectivity index (χ4v) is 0.499. The Labute approximate surface area is 63.2 Å². The molecule has 1 radical (unpaired) electrons. The first-order valence-electron chi connectivity index (χ1n) is 3.59. The highest BCUT2D eigenvalue weighted by Gasteiger charge is 2.15. The Bertz CT molecular complexity index is 79.3. The van der Waals surface area contributed by atoms with Crippen LogP contribution < -0.4 is 0 Å². The van der Waals surface area contributed by atoms with Crippen molar-refractivity contribution in [2.45, 2.75) is 20.8 Å². The van der Waals surface area contributed by atoms with Crippen molar-refractivity contribution in [2.24, 2.45) is 5.41 Å². The van der Waals surface area contributed by atoms with Crippen LogP contribution in [0.3, 0.4) is 0 Å². The summed E-state index contributed by atoms with van der Waals surface area (Å²) >= 11 is 0. The zero-order chi connectivity index (χ0) is 8.04. The monoisotopic (exact) mass is 145 g/mol. The molecule has 0 amide bonds. The molecule has 0 aliphatic rings. The van der Waals surface area contributed by atoms with E-state index >= 15 is 0 Å². The normalized spacial score (nSPS) is 12.0. The number of aliphatic hydroxyl groups is 1. The molecule has 0 heterocycles. The highest BCUT2D eigenvalue weighted by molar-refractivity contribution is 4.66. The third kappa shape index (κ3) is 4.77. The van der Waals surface area contributed by atoms with Crippen LogP contribution in [-0.4, -0.2) is 24.9 Å². The highest BCUT2D eigenvalue weighted by atomic mass is 16.5. The second kappa shape index (κ2) is 4.69.